The molecule has 108 valence electrons. The van der Waals surface area contributed by atoms with Crippen molar-refractivity contribution >= 4 is 0 Å². The average Bonchev–Trinajstić information content (AvgIpc) is 2.46. The first-order valence-corrected chi connectivity index (χ1v) is 7.25. The summed E-state index contributed by atoms with van der Waals surface area (Å²) in [5.41, 5.74) is 1.17. The second-order valence-electron chi connectivity index (χ2n) is 5.01. The lowest BCUT2D eigenvalue weighted by Gasteiger charge is -2.20. The van der Waals surface area contributed by atoms with E-state index in [9.17, 15) is 5.11 Å². The first-order valence-electron chi connectivity index (χ1n) is 7.25. The number of hydrogen-bond acceptors (Lipinski definition) is 3. The fraction of sp³-hybridized carbons (Fsp3) is 0.625. The van der Waals surface area contributed by atoms with Crippen LogP contribution in [-0.2, 0) is 4.74 Å². The molecule has 1 aromatic carbocycles. The lowest BCUT2D eigenvalue weighted by molar-refractivity contribution is -0.0120. The lowest BCUT2D eigenvalue weighted by atomic mass is 10.1. The van der Waals surface area contributed by atoms with Crippen molar-refractivity contribution in [3.05, 3.63) is 35.9 Å². The van der Waals surface area contributed by atoms with Gasteiger partial charge in [0.15, 0.2) is 0 Å². The molecule has 0 aromatic heterocycles. The van der Waals surface area contributed by atoms with E-state index in [1.165, 1.54) is 5.56 Å². The maximum atomic E-state index is 9.90. The van der Waals surface area contributed by atoms with Gasteiger partial charge in [0.05, 0.1) is 18.8 Å². The van der Waals surface area contributed by atoms with Crippen LogP contribution < -0.4 is 5.32 Å². The van der Waals surface area contributed by atoms with Crippen molar-refractivity contribution in [2.75, 3.05) is 13.2 Å². The highest BCUT2D eigenvalue weighted by Crippen LogP contribution is 2.20. The minimum atomic E-state index is -0.452. The smallest absolute Gasteiger partial charge is 0.0898 e. The summed E-state index contributed by atoms with van der Waals surface area (Å²) < 4.78 is 5.82. The first-order chi connectivity index (χ1) is 9.17. The molecule has 3 nitrogen and oxygen atoms in total. The highest BCUT2D eigenvalue weighted by atomic mass is 16.5. The maximum Gasteiger partial charge on any atom is 0.0898 e. The Morgan fingerprint density at radius 2 is 1.84 bits per heavy atom. The van der Waals surface area contributed by atoms with Crippen LogP contribution in [0.3, 0.4) is 0 Å². The molecule has 0 saturated carbocycles. The van der Waals surface area contributed by atoms with Crippen LogP contribution in [0.5, 0.6) is 0 Å². The van der Waals surface area contributed by atoms with Gasteiger partial charge in [0.1, 0.15) is 0 Å². The standard InChI is InChI=1S/C16H27NO2/c1-4-13(3)17-11-15(18)12-19-16(5-2)14-9-7-6-8-10-14/h6-10,13,15-18H,4-5,11-12H2,1-3H3/t13-,15+,16+/m0/s1. The molecule has 1 rings (SSSR count). The Balaban J connectivity index is 2.33. The second kappa shape index (κ2) is 9.08. The number of ether oxygens (including phenoxy) is 1. The number of rotatable bonds is 9. The highest BCUT2D eigenvalue weighted by Gasteiger charge is 2.12. The van der Waals surface area contributed by atoms with Crippen LogP contribution in [0.25, 0.3) is 0 Å². The van der Waals surface area contributed by atoms with E-state index in [1.807, 2.05) is 18.2 Å². The van der Waals surface area contributed by atoms with Crippen molar-refractivity contribution in [1.82, 2.24) is 5.32 Å². The molecule has 0 aliphatic rings. The third-order valence-corrected chi connectivity index (χ3v) is 3.35. The summed E-state index contributed by atoms with van der Waals surface area (Å²) in [6, 6.07) is 10.6. The van der Waals surface area contributed by atoms with Gasteiger partial charge in [0.25, 0.3) is 0 Å². The molecule has 0 unspecified atom stereocenters. The van der Waals surface area contributed by atoms with Gasteiger partial charge >= 0.3 is 0 Å². The molecule has 0 bridgehead atoms. The van der Waals surface area contributed by atoms with Crippen molar-refractivity contribution in [2.45, 2.75) is 51.9 Å². The van der Waals surface area contributed by atoms with Crippen LogP contribution in [0.4, 0.5) is 0 Å². The number of nitrogens with one attached hydrogen (secondary N) is 1. The predicted molar refractivity (Wildman–Crippen MR) is 79.2 cm³/mol. The predicted octanol–water partition coefficient (Wildman–Crippen LogP) is 2.90. The fourth-order valence-electron chi connectivity index (χ4n) is 1.89. The highest BCUT2D eigenvalue weighted by molar-refractivity contribution is 5.17. The molecular weight excluding hydrogens is 238 g/mol. The Morgan fingerprint density at radius 1 is 1.16 bits per heavy atom. The van der Waals surface area contributed by atoms with E-state index in [0.29, 0.717) is 19.2 Å². The van der Waals surface area contributed by atoms with Crippen LogP contribution >= 0.6 is 0 Å². The molecule has 0 amide bonds. The SMILES string of the molecule is CC[C@H](C)NC[C@@H](O)CO[C@H](CC)c1ccccc1. The Kier molecular flexibility index (Phi) is 7.72. The summed E-state index contributed by atoms with van der Waals surface area (Å²) in [7, 11) is 0. The molecule has 0 aliphatic heterocycles. The molecule has 3 atom stereocenters. The Labute approximate surface area is 117 Å². The van der Waals surface area contributed by atoms with Crippen LogP contribution in [0.1, 0.15) is 45.3 Å². The molecule has 0 radical (unpaired) electrons. The summed E-state index contributed by atoms with van der Waals surface area (Å²) in [4.78, 5) is 0. The van der Waals surface area contributed by atoms with Crippen molar-refractivity contribution in [3.63, 3.8) is 0 Å². The van der Waals surface area contributed by atoms with Gasteiger partial charge in [0, 0.05) is 12.6 Å². The fourth-order valence-corrected chi connectivity index (χ4v) is 1.89. The first kappa shape index (κ1) is 16.2. The summed E-state index contributed by atoms with van der Waals surface area (Å²) >= 11 is 0. The Bertz CT molecular complexity index is 329. The van der Waals surface area contributed by atoms with E-state index >= 15 is 0 Å². The third kappa shape index (κ3) is 6.19. The van der Waals surface area contributed by atoms with E-state index in [2.05, 4.69) is 38.2 Å². The van der Waals surface area contributed by atoms with Gasteiger partial charge < -0.3 is 15.2 Å². The number of aliphatic hydroxyl groups excluding tert-OH is 1. The number of benzene rings is 1. The molecule has 2 N–H and O–H groups in total. The zero-order valence-electron chi connectivity index (χ0n) is 12.3. The summed E-state index contributed by atoms with van der Waals surface area (Å²) in [6.45, 7) is 7.30. The number of aliphatic hydroxyl groups is 1. The molecule has 3 heteroatoms. The van der Waals surface area contributed by atoms with Gasteiger partial charge in [-0.3, -0.25) is 0 Å². The van der Waals surface area contributed by atoms with Crippen LogP contribution in [-0.4, -0.2) is 30.4 Å². The molecular formula is C16H27NO2. The molecule has 1 aromatic rings. The molecule has 0 heterocycles. The van der Waals surface area contributed by atoms with Gasteiger partial charge in [0.2, 0.25) is 0 Å². The average molecular weight is 265 g/mol. The zero-order valence-corrected chi connectivity index (χ0v) is 12.3. The summed E-state index contributed by atoms with van der Waals surface area (Å²) in [5, 5.41) is 13.2. The van der Waals surface area contributed by atoms with Crippen LogP contribution in [0, 0.1) is 0 Å². The van der Waals surface area contributed by atoms with Gasteiger partial charge in [-0.1, -0.05) is 44.2 Å². The van der Waals surface area contributed by atoms with E-state index in [1.54, 1.807) is 0 Å². The van der Waals surface area contributed by atoms with Gasteiger partial charge in [-0.05, 0) is 25.3 Å². The molecule has 19 heavy (non-hydrogen) atoms. The van der Waals surface area contributed by atoms with Crippen molar-refractivity contribution in [1.29, 1.82) is 0 Å². The zero-order chi connectivity index (χ0) is 14.1. The van der Waals surface area contributed by atoms with Crippen molar-refractivity contribution in [2.24, 2.45) is 0 Å². The summed E-state index contributed by atoms with van der Waals surface area (Å²) in [6.07, 6.45) is 1.59. The van der Waals surface area contributed by atoms with E-state index in [4.69, 9.17) is 4.74 Å². The minimum Gasteiger partial charge on any atom is -0.389 e. The third-order valence-electron chi connectivity index (χ3n) is 3.35. The number of hydrogen-bond donors (Lipinski definition) is 2. The maximum absolute atomic E-state index is 9.90. The van der Waals surface area contributed by atoms with Gasteiger partial charge in [-0.15, -0.1) is 0 Å². The van der Waals surface area contributed by atoms with E-state index in [-0.39, 0.29) is 6.10 Å². The van der Waals surface area contributed by atoms with Gasteiger partial charge in [-0.25, -0.2) is 0 Å². The van der Waals surface area contributed by atoms with Crippen molar-refractivity contribution < 1.29 is 9.84 Å². The quantitative estimate of drug-likeness (QED) is 0.721. The Hall–Kier alpha value is -0.900. The molecule has 0 spiro atoms. The monoisotopic (exact) mass is 265 g/mol. The van der Waals surface area contributed by atoms with E-state index < -0.39 is 6.10 Å². The minimum absolute atomic E-state index is 0.0689. The topological polar surface area (TPSA) is 41.5 Å². The van der Waals surface area contributed by atoms with E-state index in [0.717, 1.165) is 12.8 Å². The van der Waals surface area contributed by atoms with Crippen molar-refractivity contribution in [3.8, 4) is 0 Å². The second-order valence-corrected chi connectivity index (χ2v) is 5.01. The van der Waals surface area contributed by atoms with Crippen LogP contribution in [0.15, 0.2) is 30.3 Å². The lowest BCUT2D eigenvalue weighted by Crippen LogP contribution is -2.35. The van der Waals surface area contributed by atoms with Gasteiger partial charge in [-0.2, -0.15) is 0 Å². The van der Waals surface area contributed by atoms with Crippen LogP contribution in [0.2, 0.25) is 0 Å². The largest absolute Gasteiger partial charge is 0.389 e. The Morgan fingerprint density at radius 3 is 2.42 bits per heavy atom. The molecule has 0 fully saturated rings. The molecule has 0 saturated heterocycles. The molecule has 0 aliphatic carbocycles. The normalized spacial score (nSPS) is 16.0. The summed E-state index contributed by atoms with van der Waals surface area (Å²) in [5.74, 6) is 0.